The maximum absolute atomic E-state index is 13.8. The molecule has 132 valence electrons. The molecule has 0 bridgehead atoms. The Kier molecular flexibility index (Phi) is 7.24. The molecule has 0 aliphatic heterocycles. The van der Waals surface area contributed by atoms with Gasteiger partial charge in [0.15, 0.2) is 23.2 Å². The monoisotopic (exact) mass is 346 g/mol. The van der Waals surface area contributed by atoms with Crippen LogP contribution in [0.2, 0.25) is 0 Å². The lowest BCUT2D eigenvalue weighted by molar-refractivity contribution is 0.335. The van der Waals surface area contributed by atoms with Gasteiger partial charge in [-0.1, -0.05) is 44.5 Å². The van der Waals surface area contributed by atoms with Gasteiger partial charge in [0.2, 0.25) is 0 Å². The van der Waals surface area contributed by atoms with Crippen LogP contribution >= 0.6 is 0 Å². The third-order valence-corrected chi connectivity index (χ3v) is 3.24. The molecule has 0 amide bonds. The smallest absolute Gasteiger partial charge is 0.166 e. The summed E-state index contributed by atoms with van der Waals surface area (Å²) >= 11 is 0. The molecular formula is C21H21F3O. The Morgan fingerprint density at radius 2 is 1.72 bits per heavy atom. The first-order valence-corrected chi connectivity index (χ1v) is 7.48. The Bertz CT molecular complexity index is 782. The fraction of sp³-hybridized carbons (Fsp3) is 0.143. The number of ether oxygens (including phenoxy) is 1. The average Bonchev–Trinajstić information content (AvgIpc) is 2.56. The summed E-state index contributed by atoms with van der Waals surface area (Å²) < 4.78 is 46.3. The van der Waals surface area contributed by atoms with E-state index in [1.54, 1.807) is 13.0 Å². The van der Waals surface area contributed by atoms with E-state index in [2.05, 4.69) is 26.3 Å². The van der Waals surface area contributed by atoms with Crippen molar-refractivity contribution in [2.75, 3.05) is 6.61 Å². The number of rotatable bonds is 8. The fourth-order valence-corrected chi connectivity index (χ4v) is 1.72. The van der Waals surface area contributed by atoms with Gasteiger partial charge in [0, 0.05) is 5.57 Å². The van der Waals surface area contributed by atoms with Crippen LogP contribution < -0.4 is 4.74 Å². The molecule has 0 atom stereocenters. The highest BCUT2D eigenvalue weighted by atomic mass is 19.2. The van der Waals surface area contributed by atoms with E-state index in [1.165, 1.54) is 31.2 Å². The fourth-order valence-electron chi connectivity index (χ4n) is 1.72. The van der Waals surface area contributed by atoms with Crippen LogP contribution in [0.4, 0.5) is 13.2 Å². The third kappa shape index (κ3) is 5.99. The molecule has 0 unspecified atom stereocenters. The number of allylic oxidation sites excluding steroid dienone is 6. The standard InChI is InChI=1S/C21H21F3O/c1-13(2)20(23)21(24)17(6)16(5)9-7-15(4)12-25-19-10-8-14(3)11-18(19)22/h7-11H,1,4-6,12H2,2-3H3/b9-7-,21-20-. The molecule has 1 nitrogen and oxygen atoms in total. The van der Waals surface area contributed by atoms with Gasteiger partial charge >= 0.3 is 0 Å². The largest absolute Gasteiger partial charge is 0.486 e. The second kappa shape index (κ2) is 8.92. The minimum atomic E-state index is -1.11. The third-order valence-electron chi connectivity index (χ3n) is 3.24. The van der Waals surface area contributed by atoms with Crippen molar-refractivity contribution in [2.24, 2.45) is 0 Å². The van der Waals surface area contributed by atoms with Gasteiger partial charge in [-0.25, -0.2) is 13.2 Å². The van der Waals surface area contributed by atoms with Gasteiger partial charge in [-0.2, -0.15) is 0 Å². The predicted octanol–water partition coefficient (Wildman–Crippen LogP) is 6.46. The lowest BCUT2D eigenvalue weighted by Gasteiger charge is -2.08. The normalized spacial score (nSPS) is 11.9. The van der Waals surface area contributed by atoms with E-state index in [9.17, 15) is 13.2 Å². The molecule has 0 saturated carbocycles. The first-order chi connectivity index (χ1) is 11.6. The molecule has 1 aromatic carbocycles. The SMILES string of the molecule is C=C(/C=C\C(=C)C(=C)/C(F)=C(/F)C(=C)C)COc1ccc(C)cc1F. The van der Waals surface area contributed by atoms with Crippen LogP contribution in [0.15, 0.2) is 90.6 Å². The van der Waals surface area contributed by atoms with E-state index >= 15 is 0 Å². The second-order valence-corrected chi connectivity index (χ2v) is 5.63. The van der Waals surface area contributed by atoms with Crippen molar-refractivity contribution >= 4 is 0 Å². The molecule has 4 heteroatoms. The molecule has 0 heterocycles. The van der Waals surface area contributed by atoms with E-state index in [-0.39, 0.29) is 29.1 Å². The maximum Gasteiger partial charge on any atom is 0.166 e. The Balaban J connectivity index is 2.67. The molecule has 0 radical (unpaired) electrons. The molecular weight excluding hydrogens is 325 g/mol. The van der Waals surface area contributed by atoms with Gasteiger partial charge in [-0.3, -0.25) is 0 Å². The summed E-state index contributed by atoms with van der Waals surface area (Å²) in [6, 6.07) is 4.63. The van der Waals surface area contributed by atoms with Gasteiger partial charge in [-0.15, -0.1) is 0 Å². The van der Waals surface area contributed by atoms with Gasteiger partial charge in [-0.05, 0) is 48.3 Å². The molecule has 0 aliphatic rings. The summed E-state index contributed by atoms with van der Waals surface area (Å²) in [6.07, 6.45) is 2.95. The van der Waals surface area contributed by atoms with Crippen LogP contribution in [-0.2, 0) is 0 Å². The van der Waals surface area contributed by atoms with Gasteiger partial charge < -0.3 is 4.74 Å². The molecule has 1 rings (SSSR count). The molecule has 0 N–H and O–H groups in total. The minimum Gasteiger partial charge on any atom is -0.486 e. The van der Waals surface area contributed by atoms with Crippen molar-refractivity contribution < 1.29 is 17.9 Å². The Hall–Kier alpha value is -2.75. The number of hydrogen-bond acceptors (Lipinski definition) is 1. The zero-order chi connectivity index (χ0) is 19.1. The summed E-state index contributed by atoms with van der Waals surface area (Å²) in [5.41, 5.74) is 1.24. The molecule has 0 aliphatic carbocycles. The molecule has 1 aromatic rings. The van der Waals surface area contributed by atoms with Crippen molar-refractivity contribution in [1.82, 2.24) is 0 Å². The van der Waals surface area contributed by atoms with Crippen molar-refractivity contribution in [3.63, 3.8) is 0 Å². The van der Waals surface area contributed by atoms with Crippen molar-refractivity contribution in [3.8, 4) is 5.75 Å². The summed E-state index contributed by atoms with van der Waals surface area (Å²) in [7, 11) is 0. The van der Waals surface area contributed by atoms with Crippen molar-refractivity contribution in [3.05, 3.63) is 102 Å². The van der Waals surface area contributed by atoms with Crippen LogP contribution in [0.5, 0.6) is 5.75 Å². The molecule has 0 spiro atoms. The highest BCUT2D eigenvalue weighted by molar-refractivity contribution is 5.50. The van der Waals surface area contributed by atoms with Crippen LogP contribution in [-0.4, -0.2) is 6.61 Å². The Morgan fingerprint density at radius 1 is 1.08 bits per heavy atom. The lowest BCUT2D eigenvalue weighted by Crippen LogP contribution is -2.00. The van der Waals surface area contributed by atoms with Crippen LogP contribution in [0.1, 0.15) is 12.5 Å². The number of halogens is 3. The Labute approximate surface area is 146 Å². The van der Waals surface area contributed by atoms with E-state index in [4.69, 9.17) is 4.74 Å². The number of benzene rings is 1. The van der Waals surface area contributed by atoms with Crippen LogP contribution in [0.25, 0.3) is 0 Å². The van der Waals surface area contributed by atoms with E-state index < -0.39 is 17.5 Å². The first kappa shape index (κ1) is 20.3. The van der Waals surface area contributed by atoms with Gasteiger partial charge in [0.25, 0.3) is 0 Å². The molecule has 0 aromatic heterocycles. The first-order valence-electron chi connectivity index (χ1n) is 7.48. The minimum absolute atomic E-state index is 0.0339. The Morgan fingerprint density at radius 3 is 2.28 bits per heavy atom. The molecule has 0 fully saturated rings. The molecule has 0 saturated heterocycles. The van der Waals surface area contributed by atoms with E-state index in [1.807, 2.05) is 0 Å². The quantitative estimate of drug-likeness (QED) is 0.491. The van der Waals surface area contributed by atoms with Crippen molar-refractivity contribution in [2.45, 2.75) is 13.8 Å². The summed E-state index contributed by atoms with van der Waals surface area (Å²) in [4.78, 5) is 0. The lowest BCUT2D eigenvalue weighted by atomic mass is 10.1. The zero-order valence-electron chi connectivity index (χ0n) is 14.5. The second-order valence-electron chi connectivity index (χ2n) is 5.63. The topological polar surface area (TPSA) is 9.23 Å². The van der Waals surface area contributed by atoms with Crippen LogP contribution in [0.3, 0.4) is 0 Å². The highest BCUT2D eigenvalue weighted by Crippen LogP contribution is 2.26. The van der Waals surface area contributed by atoms with E-state index in [0.717, 1.165) is 5.56 Å². The molecule has 25 heavy (non-hydrogen) atoms. The summed E-state index contributed by atoms with van der Waals surface area (Å²) in [6.45, 7) is 17.4. The van der Waals surface area contributed by atoms with Gasteiger partial charge in [0.1, 0.15) is 6.61 Å². The van der Waals surface area contributed by atoms with Gasteiger partial charge in [0.05, 0.1) is 0 Å². The average molecular weight is 346 g/mol. The zero-order valence-corrected chi connectivity index (χ0v) is 14.5. The highest BCUT2D eigenvalue weighted by Gasteiger charge is 2.12. The summed E-state index contributed by atoms with van der Waals surface area (Å²) in [5, 5.41) is 0. The summed E-state index contributed by atoms with van der Waals surface area (Å²) in [5.74, 6) is -2.51. The number of hydrogen-bond donors (Lipinski definition) is 0. The number of aryl methyl sites for hydroxylation is 1. The predicted molar refractivity (Wildman–Crippen MR) is 97.2 cm³/mol. The van der Waals surface area contributed by atoms with E-state index in [0.29, 0.717) is 5.57 Å². The van der Waals surface area contributed by atoms with Crippen LogP contribution in [0, 0.1) is 12.7 Å². The maximum atomic E-state index is 13.8. The van der Waals surface area contributed by atoms with Crippen molar-refractivity contribution in [1.29, 1.82) is 0 Å².